The Morgan fingerprint density at radius 1 is 0.941 bits per heavy atom. The maximum absolute atomic E-state index is 8.97. The average molecular weight is 219 g/mol. The summed E-state index contributed by atoms with van der Waals surface area (Å²) in [4.78, 5) is 0. The molecule has 0 aliphatic rings. The second-order valence-electron chi connectivity index (χ2n) is 3.24. The van der Waals surface area contributed by atoms with Gasteiger partial charge in [-0.25, -0.2) is 0 Å². The van der Waals surface area contributed by atoms with Crippen LogP contribution < -0.4 is 4.74 Å². The summed E-state index contributed by atoms with van der Waals surface area (Å²) in [6, 6.07) is 18.6. The van der Waals surface area contributed by atoms with Crippen LogP contribution in [0, 0.1) is 28.7 Å². The maximum Gasteiger partial charge on any atom is 0.162 e. The van der Waals surface area contributed by atoms with Crippen LogP contribution in [0.3, 0.4) is 0 Å². The van der Waals surface area contributed by atoms with Crippen LogP contribution in [-0.2, 0) is 0 Å². The second-order valence-corrected chi connectivity index (χ2v) is 3.24. The van der Waals surface area contributed by atoms with Gasteiger partial charge in [-0.3, -0.25) is 0 Å². The molecule has 1 radical (unpaired) electrons. The van der Waals surface area contributed by atoms with Gasteiger partial charge in [0.2, 0.25) is 0 Å². The third kappa shape index (κ3) is 2.25. The predicted octanol–water partition coefficient (Wildman–Crippen LogP) is 3.02. The SMILES string of the molecule is N#Cc1cccc(C#N)c1Oc1cc[c]cc1. The van der Waals surface area contributed by atoms with Crippen molar-refractivity contribution in [2.75, 3.05) is 0 Å². The highest BCUT2D eigenvalue weighted by atomic mass is 16.5. The Bertz CT molecular complexity index is 574. The van der Waals surface area contributed by atoms with Gasteiger partial charge in [0, 0.05) is 0 Å². The molecule has 0 saturated heterocycles. The molecule has 2 aromatic carbocycles. The number of hydrogen-bond donors (Lipinski definition) is 0. The standard InChI is InChI=1S/C14H7N2O/c15-9-11-5-4-6-12(10-16)14(11)17-13-7-2-1-3-8-13/h2-8H. The Morgan fingerprint density at radius 2 is 1.53 bits per heavy atom. The highest BCUT2D eigenvalue weighted by Gasteiger charge is 2.10. The van der Waals surface area contributed by atoms with Gasteiger partial charge in [0.05, 0.1) is 11.1 Å². The highest BCUT2D eigenvalue weighted by molar-refractivity contribution is 5.54. The van der Waals surface area contributed by atoms with E-state index >= 15 is 0 Å². The van der Waals surface area contributed by atoms with E-state index in [0.29, 0.717) is 22.6 Å². The van der Waals surface area contributed by atoms with Crippen molar-refractivity contribution in [3.63, 3.8) is 0 Å². The molecule has 2 rings (SSSR count). The summed E-state index contributed by atoms with van der Waals surface area (Å²) in [5, 5.41) is 17.9. The second kappa shape index (κ2) is 4.83. The van der Waals surface area contributed by atoms with Gasteiger partial charge in [-0.15, -0.1) is 0 Å². The Kier molecular flexibility index (Phi) is 3.05. The summed E-state index contributed by atoms with van der Waals surface area (Å²) in [5.74, 6) is 0.867. The van der Waals surface area contributed by atoms with E-state index in [1.165, 1.54) is 0 Å². The van der Waals surface area contributed by atoms with Gasteiger partial charge in [0.15, 0.2) is 5.75 Å². The number of nitrogens with zero attached hydrogens (tertiary/aromatic N) is 2. The largest absolute Gasteiger partial charge is 0.455 e. The molecule has 0 aromatic heterocycles. The fraction of sp³-hybridized carbons (Fsp3) is 0. The molecule has 0 atom stereocenters. The lowest BCUT2D eigenvalue weighted by molar-refractivity contribution is 0.479. The van der Waals surface area contributed by atoms with Crippen LogP contribution in [0.5, 0.6) is 11.5 Å². The van der Waals surface area contributed by atoms with Gasteiger partial charge in [0.1, 0.15) is 17.9 Å². The fourth-order valence-corrected chi connectivity index (χ4v) is 1.38. The van der Waals surface area contributed by atoms with Gasteiger partial charge in [-0.05, 0) is 30.3 Å². The molecule has 0 saturated carbocycles. The molecule has 0 heterocycles. The van der Waals surface area contributed by atoms with Crippen LogP contribution in [0.25, 0.3) is 0 Å². The smallest absolute Gasteiger partial charge is 0.162 e. The first-order valence-electron chi connectivity index (χ1n) is 4.92. The molecule has 2 aromatic rings. The van der Waals surface area contributed by atoms with E-state index in [1.54, 1.807) is 42.5 Å². The van der Waals surface area contributed by atoms with E-state index in [9.17, 15) is 0 Å². The van der Waals surface area contributed by atoms with Gasteiger partial charge in [0.25, 0.3) is 0 Å². The molecule has 17 heavy (non-hydrogen) atoms. The van der Waals surface area contributed by atoms with Gasteiger partial charge >= 0.3 is 0 Å². The summed E-state index contributed by atoms with van der Waals surface area (Å²) in [6.07, 6.45) is 0. The molecule has 0 aliphatic heterocycles. The highest BCUT2D eigenvalue weighted by Crippen LogP contribution is 2.28. The third-order valence-corrected chi connectivity index (χ3v) is 2.16. The Hall–Kier alpha value is -2.78. The number of hydrogen-bond acceptors (Lipinski definition) is 3. The normalized spacial score (nSPS) is 9.06. The van der Waals surface area contributed by atoms with Crippen molar-refractivity contribution in [1.82, 2.24) is 0 Å². The molecule has 0 amide bonds. The number of ether oxygens (including phenoxy) is 1. The Morgan fingerprint density at radius 3 is 2.06 bits per heavy atom. The first-order valence-corrected chi connectivity index (χ1v) is 4.92. The van der Waals surface area contributed by atoms with Crippen LogP contribution in [0.15, 0.2) is 42.5 Å². The summed E-state index contributed by atoms with van der Waals surface area (Å²) in [7, 11) is 0. The average Bonchev–Trinajstić information content (AvgIpc) is 2.40. The van der Waals surface area contributed by atoms with Crippen LogP contribution >= 0.6 is 0 Å². The van der Waals surface area contributed by atoms with Crippen LogP contribution in [0.2, 0.25) is 0 Å². The van der Waals surface area contributed by atoms with Crippen molar-refractivity contribution in [3.05, 3.63) is 59.7 Å². The molecule has 0 unspecified atom stereocenters. The molecular weight excluding hydrogens is 212 g/mol. The lowest BCUT2D eigenvalue weighted by Crippen LogP contribution is -1.91. The molecule has 0 spiro atoms. The summed E-state index contributed by atoms with van der Waals surface area (Å²) >= 11 is 0. The van der Waals surface area contributed by atoms with E-state index in [4.69, 9.17) is 15.3 Å². The monoisotopic (exact) mass is 219 g/mol. The quantitative estimate of drug-likeness (QED) is 0.780. The van der Waals surface area contributed by atoms with E-state index < -0.39 is 0 Å². The number of para-hydroxylation sites is 1. The van der Waals surface area contributed by atoms with Gasteiger partial charge in [-0.1, -0.05) is 18.2 Å². The Balaban J connectivity index is 2.46. The van der Waals surface area contributed by atoms with E-state index in [0.717, 1.165) is 0 Å². The zero-order chi connectivity index (χ0) is 12.1. The van der Waals surface area contributed by atoms with Crippen molar-refractivity contribution in [2.24, 2.45) is 0 Å². The first kappa shape index (κ1) is 10.7. The van der Waals surface area contributed by atoms with E-state index in [2.05, 4.69) is 6.07 Å². The molecule has 3 nitrogen and oxygen atoms in total. The molecule has 3 heteroatoms. The van der Waals surface area contributed by atoms with Crippen molar-refractivity contribution in [3.8, 4) is 23.6 Å². The summed E-state index contributed by atoms with van der Waals surface area (Å²) < 4.78 is 5.56. The lowest BCUT2D eigenvalue weighted by Gasteiger charge is -2.08. The Labute approximate surface area is 99.1 Å². The molecular formula is C14H7N2O. The minimum absolute atomic E-state index is 0.295. The minimum atomic E-state index is 0.295. The van der Waals surface area contributed by atoms with Crippen LogP contribution in [0.1, 0.15) is 11.1 Å². The molecule has 0 fully saturated rings. The minimum Gasteiger partial charge on any atom is -0.455 e. The first-order chi connectivity index (χ1) is 8.35. The summed E-state index contributed by atoms with van der Waals surface area (Å²) in [6.45, 7) is 0. The van der Waals surface area contributed by atoms with Crippen molar-refractivity contribution in [1.29, 1.82) is 10.5 Å². The van der Waals surface area contributed by atoms with Crippen molar-refractivity contribution < 1.29 is 4.74 Å². The number of nitriles is 2. The van der Waals surface area contributed by atoms with Crippen LogP contribution in [0.4, 0.5) is 0 Å². The number of rotatable bonds is 2. The van der Waals surface area contributed by atoms with Crippen molar-refractivity contribution in [2.45, 2.75) is 0 Å². The molecule has 0 bridgehead atoms. The lowest BCUT2D eigenvalue weighted by atomic mass is 10.1. The fourth-order valence-electron chi connectivity index (χ4n) is 1.38. The summed E-state index contributed by atoms with van der Waals surface area (Å²) in [5.41, 5.74) is 0.689. The van der Waals surface area contributed by atoms with E-state index in [-0.39, 0.29) is 0 Å². The van der Waals surface area contributed by atoms with E-state index in [1.807, 2.05) is 12.1 Å². The third-order valence-electron chi connectivity index (χ3n) is 2.16. The zero-order valence-corrected chi connectivity index (χ0v) is 8.84. The molecule has 79 valence electrons. The van der Waals surface area contributed by atoms with Gasteiger partial charge < -0.3 is 4.74 Å². The topological polar surface area (TPSA) is 56.8 Å². The van der Waals surface area contributed by atoms with Crippen LogP contribution in [-0.4, -0.2) is 0 Å². The molecule has 0 aliphatic carbocycles. The van der Waals surface area contributed by atoms with Gasteiger partial charge in [-0.2, -0.15) is 10.5 Å². The maximum atomic E-state index is 8.97. The number of benzene rings is 2. The zero-order valence-electron chi connectivity index (χ0n) is 8.84. The van der Waals surface area contributed by atoms with Crippen molar-refractivity contribution >= 4 is 0 Å². The predicted molar refractivity (Wildman–Crippen MR) is 61.2 cm³/mol. The molecule has 0 N–H and O–H groups in total.